The summed E-state index contributed by atoms with van der Waals surface area (Å²) in [5.74, 6) is 0.644. The van der Waals surface area contributed by atoms with E-state index in [0.717, 1.165) is 51.0 Å². The Balaban J connectivity index is 1.35. The highest BCUT2D eigenvalue weighted by Gasteiger charge is 2.30. The summed E-state index contributed by atoms with van der Waals surface area (Å²) in [5.41, 5.74) is 0.998. The molecule has 0 unspecified atom stereocenters. The number of halogens is 3. The molecule has 0 spiro atoms. The lowest BCUT2D eigenvalue weighted by Crippen LogP contribution is -2.35. The van der Waals surface area contributed by atoms with E-state index in [4.69, 9.17) is 12.2 Å². The second kappa shape index (κ2) is 10.1. The van der Waals surface area contributed by atoms with Gasteiger partial charge in [0.25, 0.3) is 0 Å². The van der Waals surface area contributed by atoms with Gasteiger partial charge in [0.2, 0.25) is 0 Å². The van der Waals surface area contributed by atoms with Gasteiger partial charge in [0.05, 0.1) is 5.56 Å². The third-order valence-electron chi connectivity index (χ3n) is 5.24. The molecule has 2 aromatic rings. The summed E-state index contributed by atoms with van der Waals surface area (Å²) in [7, 11) is 0. The zero-order valence-electron chi connectivity index (χ0n) is 16.2. The molecule has 0 amide bonds. The van der Waals surface area contributed by atoms with E-state index in [0.29, 0.717) is 23.3 Å². The Bertz CT molecular complexity index is 787. The number of piperidine rings is 1. The van der Waals surface area contributed by atoms with E-state index in [1.165, 1.54) is 11.6 Å². The van der Waals surface area contributed by atoms with Gasteiger partial charge in [-0.15, -0.1) is 0 Å². The minimum Gasteiger partial charge on any atom is -0.362 e. The Hall–Kier alpha value is -2.12. The van der Waals surface area contributed by atoms with Crippen LogP contribution in [0.25, 0.3) is 0 Å². The van der Waals surface area contributed by atoms with Gasteiger partial charge in [0, 0.05) is 18.8 Å². The number of nitrogens with zero attached hydrogens (tertiary/aromatic N) is 1. The topological polar surface area (TPSA) is 27.3 Å². The summed E-state index contributed by atoms with van der Waals surface area (Å²) in [4.78, 5) is 2.49. The maximum atomic E-state index is 12.8. The van der Waals surface area contributed by atoms with Crippen LogP contribution in [-0.4, -0.2) is 29.6 Å². The van der Waals surface area contributed by atoms with E-state index in [2.05, 4.69) is 39.8 Å². The molecule has 0 aliphatic carbocycles. The average Bonchev–Trinajstić information content (AvgIpc) is 2.70. The molecule has 7 heteroatoms. The van der Waals surface area contributed by atoms with Gasteiger partial charge < -0.3 is 10.6 Å². The number of hydrogen-bond donors (Lipinski definition) is 2. The summed E-state index contributed by atoms with van der Waals surface area (Å²) in [6, 6.07) is 15.6. The molecule has 156 valence electrons. The van der Waals surface area contributed by atoms with Crippen molar-refractivity contribution in [2.75, 3.05) is 25.0 Å². The SMILES string of the molecule is FC(F)(F)c1cccc(NC(=S)NCCC2CCN(Cc3ccccc3)CC2)c1. The Kier molecular flexibility index (Phi) is 7.50. The standard InChI is InChI=1S/C22H26F3N3S/c23-22(24,25)19-7-4-8-20(15-19)27-21(29)26-12-9-17-10-13-28(14-11-17)16-18-5-2-1-3-6-18/h1-8,15,17H,9-14,16H2,(H2,26,27,29). The predicted molar refractivity (Wildman–Crippen MR) is 115 cm³/mol. The molecule has 29 heavy (non-hydrogen) atoms. The molecule has 0 radical (unpaired) electrons. The molecule has 0 atom stereocenters. The van der Waals surface area contributed by atoms with Crippen molar-refractivity contribution in [2.45, 2.75) is 32.0 Å². The summed E-state index contributed by atoms with van der Waals surface area (Å²) >= 11 is 5.22. The fourth-order valence-corrected chi connectivity index (χ4v) is 3.83. The summed E-state index contributed by atoms with van der Waals surface area (Å²) in [5, 5.41) is 6.30. The molecular formula is C22H26F3N3S. The Labute approximate surface area is 175 Å². The summed E-state index contributed by atoms with van der Waals surface area (Å²) in [6.45, 7) is 3.89. The van der Waals surface area contributed by atoms with Crippen molar-refractivity contribution in [1.82, 2.24) is 10.2 Å². The highest BCUT2D eigenvalue weighted by Crippen LogP contribution is 2.30. The van der Waals surface area contributed by atoms with Crippen LogP contribution in [0.15, 0.2) is 54.6 Å². The van der Waals surface area contributed by atoms with Gasteiger partial charge in [-0.05, 0) is 74.3 Å². The molecule has 1 saturated heterocycles. The molecule has 1 heterocycles. The van der Waals surface area contributed by atoms with Crippen LogP contribution in [0.1, 0.15) is 30.4 Å². The fraction of sp³-hybridized carbons (Fsp3) is 0.409. The number of hydrogen-bond acceptors (Lipinski definition) is 2. The van der Waals surface area contributed by atoms with Gasteiger partial charge >= 0.3 is 6.18 Å². The van der Waals surface area contributed by atoms with E-state index >= 15 is 0 Å². The quantitative estimate of drug-likeness (QED) is 0.620. The largest absolute Gasteiger partial charge is 0.416 e. The van der Waals surface area contributed by atoms with Crippen LogP contribution in [0.3, 0.4) is 0 Å². The molecule has 0 saturated carbocycles. The van der Waals surface area contributed by atoms with Crippen molar-refractivity contribution in [2.24, 2.45) is 5.92 Å². The zero-order valence-corrected chi connectivity index (χ0v) is 17.0. The molecule has 3 rings (SSSR count). The lowest BCUT2D eigenvalue weighted by molar-refractivity contribution is -0.137. The maximum absolute atomic E-state index is 12.8. The normalized spacial score (nSPS) is 15.8. The van der Waals surface area contributed by atoms with Crippen molar-refractivity contribution in [3.8, 4) is 0 Å². The van der Waals surface area contributed by atoms with E-state index < -0.39 is 11.7 Å². The molecule has 2 N–H and O–H groups in total. The number of thiocarbonyl (C=S) groups is 1. The minimum absolute atomic E-state index is 0.339. The molecule has 1 aliphatic heterocycles. The van der Waals surface area contributed by atoms with Crippen LogP contribution in [0.4, 0.5) is 18.9 Å². The van der Waals surface area contributed by atoms with Crippen molar-refractivity contribution in [3.05, 3.63) is 65.7 Å². The number of rotatable bonds is 6. The minimum atomic E-state index is -4.36. The highest BCUT2D eigenvalue weighted by atomic mass is 32.1. The number of alkyl halides is 3. The first-order valence-electron chi connectivity index (χ1n) is 9.88. The third kappa shape index (κ3) is 7.01. The van der Waals surface area contributed by atoms with Crippen LogP contribution in [0, 0.1) is 5.92 Å². The van der Waals surface area contributed by atoms with Crippen molar-refractivity contribution < 1.29 is 13.2 Å². The smallest absolute Gasteiger partial charge is 0.362 e. The lowest BCUT2D eigenvalue weighted by atomic mass is 9.93. The first-order chi connectivity index (χ1) is 13.9. The second-order valence-electron chi connectivity index (χ2n) is 7.45. The maximum Gasteiger partial charge on any atom is 0.416 e. The first-order valence-corrected chi connectivity index (χ1v) is 10.3. The number of benzene rings is 2. The van der Waals surface area contributed by atoms with Gasteiger partial charge in [-0.1, -0.05) is 36.4 Å². The monoisotopic (exact) mass is 421 g/mol. The Morgan fingerprint density at radius 2 is 1.76 bits per heavy atom. The van der Waals surface area contributed by atoms with Gasteiger partial charge in [-0.3, -0.25) is 4.90 Å². The predicted octanol–water partition coefficient (Wildman–Crippen LogP) is 5.29. The Morgan fingerprint density at radius 1 is 1.03 bits per heavy atom. The third-order valence-corrected chi connectivity index (χ3v) is 5.49. The van der Waals surface area contributed by atoms with Crippen LogP contribution >= 0.6 is 12.2 Å². The van der Waals surface area contributed by atoms with Crippen LogP contribution < -0.4 is 10.6 Å². The van der Waals surface area contributed by atoms with Gasteiger partial charge in [-0.2, -0.15) is 13.2 Å². The molecule has 1 aliphatic rings. The van der Waals surface area contributed by atoms with Crippen molar-refractivity contribution in [1.29, 1.82) is 0 Å². The van der Waals surface area contributed by atoms with E-state index in [1.54, 1.807) is 6.07 Å². The second-order valence-corrected chi connectivity index (χ2v) is 7.86. The molecule has 0 aromatic heterocycles. The van der Waals surface area contributed by atoms with E-state index in [9.17, 15) is 13.2 Å². The summed E-state index contributed by atoms with van der Waals surface area (Å²) in [6.07, 6.45) is -1.05. The van der Waals surface area contributed by atoms with Gasteiger partial charge in [0.1, 0.15) is 0 Å². The van der Waals surface area contributed by atoms with Crippen LogP contribution in [-0.2, 0) is 12.7 Å². The van der Waals surface area contributed by atoms with Gasteiger partial charge in [0.15, 0.2) is 5.11 Å². The average molecular weight is 422 g/mol. The van der Waals surface area contributed by atoms with Crippen LogP contribution in [0.2, 0.25) is 0 Å². The van der Waals surface area contributed by atoms with E-state index in [-0.39, 0.29) is 0 Å². The van der Waals surface area contributed by atoms with Crippen molar-refractivity contribution >= 4 is 23.0 Å². The van der Waals surface area contributed by atoms with Crippen molar-refractivity contribution in [3.63, 3.8) is 0 Å². The summed E-state index contributed by atoms with van der Waals surface area (Å²) < 4.78 is 38.4. The number of anilines is 1. The molecule has 2 aromatic carbocycles. The fourth-order valence-electron chi connectivity index (χ4n) is 3.61. The first kappa shape index (κ1) is 21.6. The van der Waals surface area contributed by atoms with Crippen LogP contribution in [0.5, 0.6) is 0 Å². The van der Waals surface area contributed by atoms with Gasteiger partial charge in [-0.25, -0.2) is 0 Å². The Morgan fingerprint density at radius 3 is 2.45 bits per heavy atom. The lowest BCUT2D eigenvalue weighted by Gasteiger charge is -2.32. The molecule has 1 fully saturated rings. The zero-order chi connectivity index (χ0) is 20.7. The number of nitrogens with one attached hydrogen (secondary N) is 2. The molecule has 0 bridgehead atoms. The molecule has 3 nitrogen and oxygen atoms in total. The molecular weight excluding hydrogens is 395 g/mol. The highest BCUT2D eigenvalue weighted by molar-refractivity contribution is 7.80. The van der Waals surface area contributed by atoms with E-state index in [1.807, 2.05) is 6.07 Å². The number of likely N-dealkylation sites (tertiary alicyclic amines) is 1.